The van der Waals surface area contributed by atoms with Gasteiger partial charge in [-0.15, -0.1) is 0 Å². The Hall–Kier alpha value is -1.84. The zero-order valence-corrected chi connectivity index (χ0v) is 9.56. The summed E-state index contributed by atoms with van der Waals surface area (Å²) in [6.07, 6.45) is 0. The Kier molecular flexibility index (Phi) is 4.51. The smallest absolute Gasteiger partial charge is 0.246 e. The van der Waals surface area contributed by atoms with Gasteiger partial charge in [-0.3, -0.25) is 9.59 Å². The number of nitrogens with zero attached hydrogens (tertiary/aromatic N) is 1. The van der Waals surface area contributed by atoms with E-state index in [0.29, 0.717) is 6.54 Å². The number of amides is 2. The summed E-state index contributed by atoms with van der Waals surface area (Å²) in [6.45, 7) is 3.92. The summed E-state index contributed by atoms with van der Waals surface area (Å²) in [7, 11) is 0. The average molecular weight is 220 g/mol. The maximum atomic E-state index is 11.8. The molecule has 2 amide bonds. The molecule has 0 unspecified atom stereocenters. The van der Waals surface area contributed by atoms with Crippen LogP contribution >= 0.6 is 0 Å². The van der Waals surface area contributed by atoms with E-state index in [0.717, 1.165) is 5.69 Å². The predicted octanol–water partition coefficient (Wildman–Crippen LogP) is 1.18. The number of anilines is 1. The Labute approximate surface area is 95.3 Å². The number of benzene rings is 1. The molecule has 16 heavy (non-hydrogen) atoms. The molecule has 0 saturated carbocycles. The number of para-hydroxylation sites is 1. The molecule has 1 rings (SSSR count). The lowest BCUT2D eigenvalue weighted by Gasteiger charge is -2.20. The van der Waals surface area contributed by atoms with Gasteiger partial charge in [0.25, 0.3) is 0 Å². The van der Waals surface area contributed by atoms with Crippen LogP contribution in [0.1, 0.15) is 13.8 Å². The molecular formula is C12H16N2O2. The molecule has 0 saturated heterocycles. The molecule has 0 atom stereocenters. The number of carbonyl (C=O) groups is 2. The Bertz CT molecular complexity index is 363. The second kappa shape index (κ2) is 5.90. The second-order valence-electron chi connectivity index (χ2n) is 3.38. The highest BCUT2D eigenvalue weighted by Crippen LogP contribution is 2.12. The highest BCUT2D eigenvalue weighted by molar-refractivity contribution is 5.96. The third-order valence-corrected chi connectivity index (χ3v) is 2.17. The summed E-state index contributed by atoms with van der Waals surface area (Å²) in [6, 6.07) is 9.40. The van der Waals surface area contributed by atoms with Gasteiger partial charge in [0.2, 0.25) is 11.8 Å². The Morgan fingerprint density at radius 1 is 1.25 bits per heavy atom. The normalized spacial score (nSPS) is 9.62. The molecule has 0 radical (unpaired) electrons. The minimum Gasteiger partial charge on any atom is -0.347 e. The largest absolute Gasteiger partial charge is 0.347 e. The van der Waals surface area contributed by atoms with Crippen molar-refractivity contribution in [2.75, 3.05) is 18.0 Å². The monoisotopic (exact) mass is 220 g/mol. The summed E-state index contributed by atoms with van der Waals surface area (Å²) < 4.78 is 0. The molecule has 4 nitrogen and oxygen atoms in total. The first kappa shape index (κ1) is 12.2. The van der Waals surface area contributed by atoms with Gasteiger partial charge in [0, 0.05) is 19.2 Å². The van der Waals surface area contributed by atoms with Crippen LogP contribution in [0.5, 0.6) is 0 Å². The van der Waals surface area contributed by atoms with Crippen LogP contribution in [-0.4, -0.2) is 24.9 Å². The summed E-state index contributed by atoms with van der Waals surface area (Å²) >= 11 is 0. The van der Waals surface area contributed by atoms with E-state index in [4.69, 9.17) is 0 Å². The minimum atomic E-state index is -0.197. The van der Waals surface area contributed by atoms with Crippen LogP contribution in [-0.2, 0) is 9.59 Å². The lowest BCUT2D eigenvalue weighted by molar-refractivity contribution is -0.123. The van der Waals surface area contributed by atoms with E-state index in [9.17, 15) is 9.59 Å². The highest BCUT2D eigenvalue weighted by Gasteiger charge is 2.13. The topological polar surface area (TPSA) is 49.4 Å². The molecule has 0 heterocycles. The fraction of sp³-hybridized carbons (Fsp3) is 0.333. The van der Waals surface area contributed by atoms with Crippen molar-refractivity contribution in [3.05, 3.63) is 30.3 Å². The van der Waals surface area contributed by atoms with Crippen LogP contribution in [0.3, 0.4) is 0 Å². The Balaban J connectivity index is 2.68. The van der Waals surface area contributed by atoms with Crippen LogP contribution in [0.15, 0.2) is 30.3 Å². The molecule has 1 N–H and O–H groups in total. The van der Waals surface area contributed by atoms with Gasteiger partial charge in [0.1, 0.15) is 0 Å². The second-order valence-corrected chi connectivity index (χ2v) is 3.38. The van der Waals surface area contributed by atoms with E-state index in [1.165, 1.54) is 6.92 Å². The van der Waals surface area contributed by atoms with Crippen LogP contribution in [0, 0.1) is 0 Å². The molecule has 1 aromatic rings. The van der Waals surface area contributed by atoms with Crippen molar-refractivity contribution in [2.24, 2.45) is 0 Å². The van der Waals surface area contributed by atoms with E-state index in [1.807, 2.05) is 37.3 Å². The van der Waals surface area contributed by atoms with Gasteiger partial charge in [-0.05, 0) is 19.1 Å². The quantitative estimate of drug-likeness (QED) is 0.828. The molecule has 0 bridgehead atoms. The number of nitrogens with one attached hydrogen (secondary N) is 1. The van der Waals surface area contributed by atoms with Crippen molar-refractivity contribution in [3.63, 3.8) is 0 Å². The lowest BCUT2D eigenvalue weighted by Crippen LogP contribution is -2.39. The molecule has 0 aliphatic heterocycles. The van der Waals surface area contributed by atoms with Crippen molar-refractivity contribution in [3.8, 4) is 0 Å². The van der Waals surface area contributed by atoms with Crippen molar-refractivity contribution in [1.82, 2.24) is 5.32 Å². The maximum Gasteiger partial charge on any atom is 0.246 e. The Morgan fingerprint density at radius 2 is 1.88 bits per heavy atom. The molecular weight excluding hydrogens is 204 g/mol. The van der Waals surface area contributed by atoms with Crippen LogP contribution in [0.25, 0.3) is 0 Å². The van der Waals surface area contributed by atoms with E-state index in [-0.39, 0.29) is 18.4 Å². The molecule has 0 aliphatic carbocycles. The van der Waals surface area contributed by atoms with Crippen molar-refractivity contribution >= 4 is 17.5 Å². The summed E-state index contributed by atoms with van der Waals surface area (Å²) in [4.78, 5) is 24.1. The van der Waals surface area contributed by atoms with E-state index in [1.54, 1.807) is 4.90 Å². The fourth-order valence-electron chi connectivity index (χ4n) is 1.41. The fourth-order valence-corrected chi connectivity index (χ4v) is 1.41. The molecule has 0 aliphatic rings. The molecule has 0 aromatic heterocycles. The van der Waals surface area contributed by atoms with Gasteiger partial charge in [-0.25, -0.2) is 0 Å². The first-order chi connectivity index (χ1) is 7.65. The first-order valence-electron chi connectivity index (χ1n) is 5.25. The van der Waals surface area contributed by atoms with Crippen LogP contribution in [0.4, 0.5) is 5.69 Å². The number of carbonyl (C=O) groups excluding carboxylic acids is 2. The molecule has 0 fully saturated rings. The standard InChI is InChI=1S/C12H16N2O2/c1-3-14(11-7-5-4-6-8-11)12(16)9-13-10(2)15/h4-8H,3,9H2,1-2H3,(H,13,15). The number of hydrogen-bond donors (Lipinski definition) is 1. The summed E-state index contributed by atoms with van der Waals surface area (Å²) in [5.74, 6) is -0.304. The molecule has 0 spiro atoms. The number of hydrogen-bond acceptors (Lipinski definition) is 2. The van der Waals surface area contributed by atoms with Gasteiger partial charge in [0.05, 0.1) is 6.54 Å². The van der Waals surface area contributed by atoms with E-state index < -0.39 is 0 Å². The molecule has 4 heteroatoms. The highest BCUT2D eigenvalue weighted by atomic mass is 16.2. The summed E-state index contributed by atoms with van der Waals surface area (Å²) in [5, 5.41) is 2.50. The Morgan fingerprint density at radius 3 is 2.38 bits per heavy atom. The lowest BCUT2D eigenvalue weighted by atomic mass is 10.3. The van der Waals surface area contributed by atoms with Gasteiger partial charge < -0.3 is 10.2 Å². The predicted molar refractivity (Wildman–Crippen MR) is 63.2 cm³/mol. The van der Waals surface area contributed by atoms with Gasteiger partial charge >= 0.3 is 0 Å². The number of rotatable bonds is 4. The zero-order chi connectivity index (χ0) is 12.0. The SMILES string of the molecule is CCN(C(=O)CNC(C)=O)c1ccccc1. The van der Waals surface area contributed by atoms with Gasteiger partial charge in [0.15, 0.2) is 0 Å². The third-order valence-electron chi connectivity index (χ3n) is 2.17. The van der Waals surface area contributed by atoms with Crippen LogP contribution in [0.2, 0.25) is 0 Å². The van der Waals surface area contributed by atoms with Crippen molar-refractivity contribution in [2.45, 2.75) is 13.8 Å². The average Bonchev–Trinajstić information content (AvgIpc) is 2.29. The maximum absolute atomic E-state index is 11.8. The van der Waals surface area contributed by atoms with Crippen molar-refractivity contribution < 1.29 is 9.59 Å². The van der Waals surface area contributed by atoms with Crippen molar-refractivity contribution in [1.29, 1.82) is 0 Å². The summed E-state index contributed by atoms with van der Waals surface area (Å²) in [5.41, 5.74) is 0.848. The van der Waals surface area contributed by atoms with Crippen LogP contribution < -0.4 is 10.2 Å². The first-order valence-corrected chi connectivity index (χ1v) is 5.25. The van der Waals surface area contributed by atoms with E-state index in [2.05, 4.69) is 5.32 Å². The third kappa shape index (κ3) is 3.38. The van der Waals surface area contributed by atoms with E-state index >= 15 is 0 Å². The number of likely N-dealkylation sites (N-methyl/N-ethyl adjacent to an activating group) is 1. The minimum absolute atomic E-state index is 0.0397. The van der Waals surface area contributed by atoms with Gasteiger partial charge in [-0.1, -0.05) is 18.2 Å². The van der Waals surface area contributed by atoms with Gasteiger partial charge in [-0.2, -0.15) is 0 Å². The molecule has 86 valence electrons. The molecule has 1 aromatic carbocycles. The zero-order valence-electron chi connectivity index (χ0n) is 9.56.